The lowest BCUT2D eigenvalue weighted by atomic mass is 9.78. The van der Waals surface area contributed by atoms with Crippen molar-refractivity contribution in [3.8, 4) is 0 Å². The molecule has 0 radical (unpaired) electrons. The average molecular weight is 423 g/mol. The molecule has 0 amide bonds. The zero-order chi connectivity index (χ0) is 22.8. The van der Waals surface area contributed by atoms with Gasteiger partial charge in [-0.05, 0) is 36.8 Å². The number of hydrogen-bond donors (Lipinski definition) is 4. The minimum atomic E-state index is -1.23. The molecule has 0 bridgehead atoms. The van der Waals surface area contributed by atoms with Crippen molar-refractivity contribution in [2.45, 2.75) is 91.3 Å². The van der Waals surface area contributed by atoms with Gasteiger partial charge in [-0.3, -0.25) is 0 Å². The number of rotatable bonds is 14. The van der Waals surface area contributed by atoms with Crippen LogP contribution < -0.4 is 0 Å². The van der Waals surface area contributed by atoms with Crippen LogP contribution in [0.25, 0.3) is 0 Å². The van der Waals surface area contributed by atoms with E-state index in [1.807, 2.05) is 27.7 Å². The highest BCUT2D eigenvalue weighted by Crippen LogP contribution is 2.41. The van der Waals surface area contributed by atoms with E-state index in [4.69, 9.17) is 0 Å². The lowest BCUT2D eigenvalue weighted by Crippen LogP contribution is -2.24. The number of benzene rings is 1. The number of carboxylic acids is 2. The van der Waals surface area contributed by atoms with Crippen LogP contribution in [-0.4, -0.2) is 32.4 Å². The summed E-state index contributed by atoms with van der Waals surface area (Å²) in [6, 6.07) is 2.47. The number of unbranched alkanes of at least 4 members (excludes halogenated alkanes) is 2. The predicted octanol–water partition coefficient (Wildman–Crippen LogP) is 5.58. The van der Waals surface area contributed by atoms with Crippen molar-refractivity contribution in [2.24, 2.45) is 11.8 Å². The standard InChI is InChI=1S/C24H38O6/c1-5-9-11-15(7-3)21(25)19-17(23(27)28)13-14-18(24(29)30)20(19)22(26)16(8-4)12-10-6-2/h13-16,21-22,25-26H,5-12H2,1-4H3,(H,27,28)(H,29,30). The maximum atomic E-state index is 12.0. The van der Waals surface area contributed by atoms with Gasteiger partial charge in [0, 0.05) is 11.1 Å². The molecule has 6 nitrogen and oxygen atoms in total. The fraction of sp³-hybridized carbons (Fsp3) is 0.667. The summed E-state index contributed by atoms with van der Waals surface area (Å²) in [7, 11) is 0. The maximum absolute atomic E-state index is 12.0. The van der Waals surface area contributed by atoms with Crippen molar-refractivity contribution in [3.63, 3.8) is 0 Å². The molecule has 6 heteroatoms. The second kappa shape index (κ2) is 12.7. The third-order valence-electron chi connectivity index (χ3n) is 6.14. The van der Waals surface area contributed by atoms with E-state index in [1.165, 1.54) is 12.1 Å². The molecule has 0 aromatic heterocycles. The van der Waals surface area contributed by atoms with Crippen molar-refractivity contribution in [2.75, 3.05) is 0 Å². The van der Waals surface area contributed by atoms with Gasteiger partial charge in [-0.2, -0.15) is 0 Å². The fourth-order valence-corrected chi connectivity index (χ4v) is 4.22. The lowest BCUT2D eigenvalue weighted by Gasteiger charge is -2.31. The van der Waals surface area contributed by atoms with Crippen molar-refractivity contribution >= 4 is 11.9 Å². The molecule has 1 aromatic carbocycles. The predicted molar refractivity (Wildman–Crippen MR) is 117 cm³/mol. The summed E-state index contributed by atoms with van der Waals surface area (Å²) in [5, 5.41) is 42.0. The molecule has 4 atom stereocenters. The van der Waals surface area contributed by atoms with E-state index >= 15 is 0 Å². The molecule has 4 unspecified atom stereocenters. The van der Waals surface area contributed by atoms with E-state index in [1.54, 1.807) is 0 Å². The fourth-order valence-electron chi connectivity index (χ4n) is 4.22. The Morgan fingerprint density at radius 2 is 1.07 bits per heavy atom. The molecule has 0 aliphatic heterocycles. The third kappa shape index (κ3) is 6.29. The Kier molecular flexibility index (Phi) is 11.1. The number of aliphatic hydroxyl groups is 2. The summed E-state index contributed by atoms with van der Waals surface area (Å²) in [5.74, 6) is -2.90. The zero-order valence-corrected chi connectivity index (χ0v) is 18.7. The lowest BCUT2D eigenvalue weighted by molar-refractivity contribution is 0.0609. The van der Waals surface area contributed by atoms with E-state index in [2.05, 4.69) is 0 Å². The van der Waals surface area contributed by atoms with E-state index in [9.17, 15) is 30.0 Å². The highest BCUT2D eigenvalue weighted by Gasteiger charge is 2.34. The summed E-state index contributed by atoms with van der Waals surface area (Å²) >= 11 is 0. The second-order valence-electron chi connectivity index (χ2n) is 8.11. The number of aromatic carboxylic acids is 2. The van der Waals surface area contributed by atoms with Gasteiger partial charge >= 0.3 is 11.9 Å². The highest BCUT2D eigenvalue weighted by molar-refractivity contribution is 5.95. The Labute approximate surface area is 180 Å². The molecule has 170 valence electrons. The monoisotopic (exact) mass is 422 g/mol. The van der Waals surface area contributed by atoms with Crippen LogP contribution in [-0.2, 0) is 0 Å². The smallest absolute Gasteiger partial charge is 0.336 e. The van der Waals surface area contributed by atoms with Crippen LogP contribution in [0.2, 0.25) is 0 Å². The normalized spacial score (nSPS) is 15.4. The second-order valence-corrected chi connectivity index (χ2v) is 8.11. The van der Waals surface area contributed by atoms with Crippen LogP contribution in [0, 0.1) is 11.8 Å². The van der Waals surface area contributed by atoms with E-state index in [0.717, 1.165) is 25.7 Å². The van der Waals surface area contributed by atoms with Crippen LogP contribution in [0.15, 0.2) is 12.1 Å². The van der Waals surface area contributed by atoms with Gasteiger partial charge < -0.3 is 20.4 Å². The molecule has 1 rings (SSSR count). The Balaban J connectivity index is 3.71. The molecule has 0 saturated heterocycles. The molecule has 30 heavy (non-hydrogen) atoms. The summed E-state index contributed by atoms with van der Waals surface area (Å²) in [6.07, 6.45) is 3.98. The number of carbonyl (C=O) groups is 2. The molecule has 0 saturated carbocycles. The third-order valence-corrected chi connectivity index (χ3v) is 6.14. The molecule has 4 N–H and O–H groups in total. The molecule has 0 heterocycles. The molecule has 1 aromatic rings. The number of hydrogen-bond acceptors (Lipinski definition) is 4. The van der Waals surface area contributed by atoms with Gasteiger partial charge in [0.2, 0.25) is 0 Å². The first-order valence-electron chi connectivity index (χ1n) is 11.2. The molecule has 0 fully saturated rings. The van der Waals surface area contributed by atoms with Gasteiger partial charge in [-0.1, -0.05) is 66.2 Å². The molecule has 0 aliphatic rings. The first-order valence-corrected chi connectivity index (χ1v) is 11.2. The molecular formula is C24H38O6. The Bertz CT molecular complexity index is 640. The average Bonchev–Trinajstić information content (AvgIpc) is 2.73. The zero-order valence-electron chi connectivity index (χ0n) is 18.7. The summed E-state index contributed by atoms with van der Waals surface area (Å²) in [6.45, 7) is 7.94. The van der Waals surface area contributed by atoms with E-state index < -0.39 is 24.1 Å². The van der Waals surface area contributed by atoms with Crippen molar-refractivity contribution < 1.29 is 30.0 Å². The number of aliphatic hydroxyl groups excluding tert-OH is 2. The minimum absolute atomic E-state index is 0.0628. The molecule has 0 aliphatic carbocycles. The Morgan fingerprint density at radius 1 is 0.733 bits per heavy atom. The van der Waals surface area contributed by atoms with Gasteiger partial charge in [0.15, 0.2) is 0 Å². The number of carboxylic acid groups (broad SMARTS) is 2. The molecule has 0 spiro atoms. The van der Waals surface area contributed by atoms with Gasteiger partial charge in [0.1, 0.15) is 0 Å². The van der Waals surface area contributed by atoms with Crippen LogP contribution in [0.5, 0.6) is 0 Å². The maximum Gasteiger partial charge on any atom is 0.336 e. The van der Waals surface area contributed by atoms with Gasteiger partial charge in [-0.15, -0.1) is 0 Å². The SMILES string of the molecule is CCCCC(CC)C(O)c1c(C(=O)O)ccc(C(=O)O)c1C(O)C(CC)CCCC. The van der Waals surface area contributed by atoms with Crippen molar-refractivity contribution in [1.82, 2.24) is 0 Å². The van der Waals surface area contributed by atoms with Crippen LogP contribution >= 0.6 is 0 Å². The summed E-state index contributed by atoms with van der Waals surface area (Å²) < 4.78 is 0. The first-order chi connectivity index (χ1) is 14.2. The van der Waals surface area contributed by atoms with Gasteiger partial charge in [0.05, 0.1) is 23.3 Å². The quantitative estimate of drug-likeness (QED) is 0.311. The summed E-state index contributed by atoms with van der Waals surface area (Å²) in [4.78, 5) is 24.0. The highest BCUT2D eigenvalue weighted by atomic mass is 16.4. The van der Waals surface area contributed by atoms with Crippen molar-refractivity contribution in [1.29, 1.82) is 0 Å². The van der Waals surface area contributed by atoms with Crippen LogP contribution in [0.4, 0.5) is 0 Å². The largest absolute Gasteiger partial charge is 0.478 e. The summed E-state index contributed by atoms with van der Waals surface area (Å²) in [5.41, 5.74) is -0.149. The van der Waals surface area contributed by atoms with Crippen molar-refractivity contribution in [3.05, 3.63) is 34.4 Å². The Hall–Kier alpha value is -1.92. The first kappa shape index (κ1) is 26.1. The van der Waals surface area contributed by atoms with Gasteiger partial charge in [0.25, 0.3) is 0 Å². The molecular weight excluding hydrogens is 384 g/mol. The minimum Gasteiger partial charge on any atom is -0.478 e. The van der Waals surface area contributed by atoms with E-state index in [-0.39, 0.29) is 34.1 Å². The van der Waals surface area contributed by atoms with Crippen LogP contribution in [0.1, 0.15) is 123 Å². The Morgan fingerprint density at radius 3 is 1.30 bits per heavy atom. The van der Waals surface area contributed by atoms with Crippen LogP contribution in [0.3, 0.4) is 0 Å². The van der Waals surface area contributed by atoms with E-state index in [0.29, 0.717) is 25.7 Å². The topological polar surface area (TPSA) is 115 Å². The van der Waals surface area contributed by atoms with Gasteiger partial charge in [-0.25, -0.2) is 9.59 Å².